The van der Waals surface area contributed by atoms with Crippen molar-refractivity contribution in [1.29, 1.82) is 0 Å². The summed E-state index contributed by atoms with van der Waals surface area (Å²) in [5.74, 6) is 0.474. The van der Waals surface area contributed by atoms with Crippen LogP contribution in [0.25, 0.3) is 11.0 Å². The minimum absolute atomic E-state index is 0.142. The molecule has 0 bridgehead atoms. The summed E-state index contributed by atoms with van der Waals surface area (Å²) in [5.41, 5.74) is 2.04. The van der Waals surface area contributed by atoms with Gasteiger partial charge in [-0.1, -0.05) is 42.5 Å². The van der Waals surface area contributed by atoms with Crippen molar-refractivity contribution in [2.45, 2.75) is 19.5 Å². The van der Waals surface area contributed by atoms with Crippen LogP contribution in [0.3, 0.4) is 0 Å². The second-order valence-corrected chi connectivity index (χ2v) is 7.10. The lowest BCUT2D eigenvalue weighted by Crippen LogP contribution is -2.35. The van der Waals surface area contributed by atoms with Gasteiger partial charge in [0.1, 0.15) is 24.0 Å². The third-order valence-electron chi connectivity index (χ3n) is 4.99. The van der Waals surface area contributed by atoms with Crippen LogP contribution in [0.2, 0.25) is 0 Å². The summed E-state index contributed by atoms with van der Waals surface area (Å²) in [5, 5.41) is 7.48. The van der Waals surface area contributed by atoms with E-state index in [9.17, 15) is 9.59 Å². The van der Waals surface area contributed by atoms with Crippen LogP contribution in [0.4, 0.5) is 0 Å². The van der Waals surface area contributed by atoms with Crippen molar-refractivity contribution < 1.29 is 9.53 Å². The minimum atomic E-state index is -0.366. The van der Waals surface area contributed by atoms with E-state index in [0.29, 0.717) is 17.6 Å². The van der Waals surface area contributed by atoms with Crippen molar-refractivity contribution in [3.63, 3.8) is 0 Å². The Kier molecular flexibility index (Phi) is 5.79. The van der Waals surface area contributed by atoms with E-state index in [1.54, 1.807) is 7.05 Å². The molecule has 0 saturated heterocycles. The fraction of sp³-hybridized carbons (Fsp3) is 0.217. The Morgan fingerprint density at radius 2 is 1.81 bits per heavy atom. The molecule has 0 aliphatic carbocycles. The molecule has 4 aromatic rings. The van der Waals surface area contributed by atoms with Crippen molar-refractivity contribution in [3.05, 3.63) is 88.6 Å². The number of aryl methyl sites for hydroxylation is 1. The Hall–Kier alpha value is -3.94. The molecule has 1 amide bonds. The van der Waals surface area contributed by atoms with Gasteiger partial charge in [0.2, 0.25) is 5.91 Å². The number of ether oxygens (including phenoxy) is 1. The molecule has 0 saturated carbocycles. The van der Waals surface area contributed by atoms with E-state index >= 15 is 0 Å². The first-order valence-electron chi connectivity index (χ1n) is 10.0. The van der Waals surface area contributed by atoms with Gasteiger partial charge in [-0.15, -0.1) is 0 Å². The van der Waals surface area contributed by atoms with Crippen LogP contribution in [-0.2, 0) is 18.4 Å². The predicted molar refractivity (Wildman–Crippen MR) is 117 cm³/mol. The second-order valence-electron chi connectivity index (χ2n) is 7.10. The number of nitrogens with zero attached hydrogens (tertiary/aromatic N) is 4. The number of amides is 1. The first-order chi connectivity index (χ1) is 15.1. The Morgan fingerprint density at radius 3 is 2.52 bits per heavy atom. The zero-order chi connectivity index (χ0) is 21.8. The van der Waals surface area contributed by atoms with E-state index in [1.165, 1.54) is 21.8 Å². The molecule has 2 heterocycles. The van der Waals surface area contributed by atoms with Crippen LogP contribution in [0, 0.1) is 0 Å². The van der Waals surface area contributed by atoms with E-state index in [1.807, 2.05) is 61.5 Å². The van der Waals surface area contributed by atoms with Gasteiger partial charge in [-0.2, -0.15) is 5.10 Å². The molecule has 2 aromatic heterocycles. The molecule has 1 unspecified atom stereocenters. The van der Waals surface area contributed by atoms with E-state index < -0.39 is 0 Å². The highest BCUT2D eigenvalue weighted by Crippen LogP contribution is 2.24. The quantitative estimate of drug-likeness (QED) is 0.499. The number of rotatable bonds is 7. The maximum absolute atomic E-state index is 12.9. The standard InChI is InChI=1S/C23H23N5O3/c1-3-31-18-11-9-17(10-12-18)21(16-7-5-4-6-8-16)26-20(29)14-28-15-24-22-19(23(28)30)13-25-27(22)2/h4-13,15,21H,3,14H2,1-2H3,(H,26,29). The molecular weight excluding hydrogens is 394 g/mol. The minimum Gasteiger partial charge on any atom is -0.494 e. The van der Waals surface area contributed by atoms with Crippen LogP contribution >= 0.6 is 0 Å². The molecule has 0 radical (unpaired) electrons. The highest BCUT2D eigenvalue weighted by molar-refractivity contribution is 5.78. The van der Waals surface area contributed by atoms with Gasteiger partial charge in [-0.05, 0) is 30.2 Å². The van der Waals surface area contributed by atoms with Crippen molar-refractivity contribution in [1.82, 2.24) is 24.6 Å². The summed E-state index contributed by atoms with van der Waals surface area (Å²) < 4.78 is 8.33. The van der Waals surface area contributed by atoms with E-state index in [0.717, 1.165) is 16.9 Å². The topological polar surface area (TPSA) is 91.0 Å². The van der Waals surface area contributed by atoms with Crippen LogP contribution in [0.5, 0.6) is 5.75 Å². The summed E-state index contributed by atoms with van der Waals surface area (Å²) in [6, 6.07) is 16.9. The van der Waals surface area contributed by atoms with Gasteiger partial charge >= 0.3 is 0 Å². The lowest BCUT2D eigenvalue weighted by molar-refractivity contribution is -0.122. The molecule has 0 aliphatic rings. The average Bonchev–Trinajstić information content (AvgIpc) is 3.17. The lowest BCUT2D eigenvalue weighted by atomic mass is 9.98. The molecule has 31 heavy (non-hydrogen) atoms. The fourth-order valence-electron chi connectivity index (χ4n) is 3.47. The van der Waals surface area contributed by atoms with Crippen molar-refractivity contribution >= 4 is 16.9 Å². The summed E-state index contributed by atoms with van der Waals surface area (Å²) in [6.45, 7) is 2.37. The van der Waals surface area contributed by atoms with Crippen LogP contribution < -0.4 is 15.6 Å². The largest absolute Gasteiger partial charge is 0.494 e. The van der Waals surface area contributed by atoms with E-state index in [2.05, 4.69) is 15.4 Å². The molecule has 0 fully saturated rings. The molecule has 158 valence electrons. The van der Waals surface area contributed by atoms with Crippen LogP contribution in [-0.4, -0.2) is 31.8 Å². The smallest absolute Gasteiger partial charge is 0.264 e. The third kappa shape index (κ3) is 4.32. The summed E-state index contributed by atoms with van der Waals surface area (Å²) in [6.07, 6.45) is 2.84. The monoisotopic (exact) mass is 417 g/mol. The Balaban J connectivity index is 1.59. The molecule has 1 atom stereocenters. The Bertz CT molecular complexity index is 1250. The Morgan fingerprint density at radius 1 is 1.10 bits per heavy atom. The number of benzene rings is 2. The first kappa shape index (κ1) is 20.3. The number of hydrogen-bond acceptors (Lipinski definition) is 5. The highest BCUT2D eigenvalue weighted by atomic mass is 16.5. The lowest BCUT2D eigenvalue weighted by Gasteiger charge is -2.20. The highest BCUT2D eigenvalue weighted by Gasteiger charge is 2.18. The molecule has 2 aromatic carbocycles. The number of carbonyl (C=O) groups excluding carboxylic acids is 1. The molecule has 8 nitrogen and oxygen atoms in total. The van der Waals surface area contributed by atoms with Gasteiger partial charge < -0.3 is 10.1 Å². The summed E-state index contributed by atoms with van der Waals surface area (Å²) >= 11 is 0. The maximum atomic E-state index is 12.9. The van der Waals surface area contributed by atoms with Gasteiger partial charge in [0.25, 0.3) is 5.56 Å². The first-order valence-corrected chi connectivity index (χ1v) is 10.0. The van der Waals surface area contributed by atoms with Gasteiger partial charge in [-0.3, -0.25) is 18.8 Å². The van der Waals surface area contributed by atoms with Crippen molar-refractivity contribution in [2.24, 2.45) is 7.05 Å². The third-order valence-corrected chi connectivity index (χ3v) is 4.99. The van der Waals surface area contributed by atoms with Gasteiger partial charge in [0.15, 0.2) is 5.65 Å². The molecule has 8 heteroatoms. The number of carbonyl (C=O) groups is 1. The van der Waals surface area contributed by atoms with Crippen LogP contribution in [0.1, 0.15) is 24.1 Å². The molecule has 4 rings (SSSR count). The number of fused-ring (bicyclic) bond motifs is 1. The molecular formula is C23H23N5O3. The second kappa shape index (κ2) is 8.83. The van der Waals surface area contributed by atoms with E-state index in [4.69, 9.17) is 4.74 Å². The molecule has 0 aliphatic heterocycles. The number of hydrogen-bond donors (Lipinski definition) is 1. The summed E-state index contributed by atoms with van der Waals surface area (Å²) in [4.78, 5) is 29.8. The fourth-order valence-corrected chi connectivity index (χ4v) is 3.47. The van der Waals surface area contributed by atoms with Gasteiger partial charge in [0, 0.05) is 7.05 Å². The normalized spacial score (nSPS) is 11.9. The van der Waals surface area contributed by atoms with Crippen molar-refractivity contribution in [3.8, 4) is 5.75 Å². The average molecular weight is 417 g/mol. The molecule has 1 N–H and O–H groups in total. The van der Waals surface area contributed by atoms with Crippen molar-refractivity contribution in [2.75, 3.05) is 6.61 Å². The number of aromatic nitrogens is 4. The number of nitrogens with one attached hydrogen (secondary N) is 1. The maximum Gasteiger partial charge on any atom is 0.264 e. The Labute approximate surface area is 179 Å². The zero-order valence-electron chi connectivity index (χ0n) is 17.4. The molecule has 0 spiro atoms. The van der Waals surface area contributed by atoms with Crippen LogP contribution in [0.15, 0.2) is 71.9 Å². The van der Waals surface area contributed by atoms with Gasteiger partial charge in [0.05, 0.1) is 18.8 Å². The predicted octanol–water partition coefficient (Wildman–Crippen LogP) is 2.43. The summed E-state index contributed by atoms with van der Waals surface area (Å²) in [7, 11) is 1.72. The van der Waals surface area contributed by atoms with Gasteiger partial charge in [-0.25, -0.2) is 4.98 Å². The van der Waals surface area contributed by atoms with E-state index in [-0.39, 0.29) is 24.1 Å². The zero-order valence-corrected chi connectivity index (χ0v) is 17.4. The SMILES string of the molecule is CCOc1ccc(C(NC(=O)Cn2cnc3c(cnn3C)c2=O)c2ccccc2)cc1.